The Bertz CT molecular complexity index is 214. The molecular formula is C8H15N3O3. The maximum Gasteiger partial charge on any atom is 0.323 e. The van der Waals surface area contributed by atoms with Crippen molar-refractivity contribution in [1.82, 2.24) is 10.7 Å². The van der Waals surface area contributed by atoms with Crippen molar-refractivity contribution in [2.24, 2.45) is 11.8 Å². The van der Waals surface area contributed by atoms with E-state index < -0.39 is 11.8 Å². The molecule has 1 unspecified atom stereocenters. The molecule has 1 fully saturated rings. The lowest BCUT2D eigenvalue weighted by atomic mass is 10.0. The van der Waals surface area contributed by atoms with E-state index >= 15 is 0 Å². The first kappa shape index (κ1) is 10.9. The fourth-order valence-electron chi connectivity index (χ4n) is 1.35. The number of hydrogen-bond donors (Lipinski definition) is 3. The lowest BCUT2D eigenvalue weighted by Crippen LogP contribution is -2.45. The van der Waals surface area contributed by atoms with Crippen molar-refractivity contribution in [3.05, 3.63) is 0 Å². The van der Waals surface area contributed by atoms with Crippen LogP contribution < -0.4 is 16.6 Å². The summed E-state index contributed by atoms with van der Waals surface area (Å²) in [5.41, 5.74) is 1.77. The van der Waals surface area contributed by atoms with Gasteiger partial charge in [0.15, 0.2) is 0 Å². The molecule has 1 heterocycles. The van der Waals surface area contributed by atoms with E-state index in [4.69, 9.17) is 10.6 Å². The molecule has 0 saturated carbocycles. The van der Waals surface area contributed by atoms with Crippen LogP contribution in [0.25, 0.3) is 0 Å². The highest BCUT2D eigenvalue weighted by Crippen LogP contribution is 2.11. The van der Waals surface area contributed by atoms with Crippen LogP contribution in [-0.4, -0.2) is 31.6 Å². The summed E-state index contributed by atoms with van der Waals surface area (Å²) in [6, 6.07) is 0. The predicted octanol–water partition coefficient (Wildman–Crippen LogP) is -1.48. The summed E-state index contributed by atoms with van der Waals surface area (Å²) in [7, 11) is 0. The summed E-state index contributed by atoms with van der Waals surface area (Å²) in [5.74, 6) is 3.59. The minimum atomic E-state index is -0.818. The maximum atomic E-state index is 11.0. The molecule has 1 aliphatic rings. The van der Waals surface area contributed by atoms with E-state index in [9.17, 15) is 9.59 Å². The largest absolute Gasteiger partial charge is 0.381 e. The van der Waals surface area contributed by atoms with Gasteiger partial charge in [0.05, 0.1) is 6.61 Å². The summed E-state index contributed by atoms with van der Waals surface area (Å²) in [4.78, 5) is 21.7. The first-order chi connectivity index (χ1) is 6.74. The Morgan fingerprint density at radius 2 is 2.21 bits per heavy atom. The lowest BCUT2D eigenvalue weighted by molar-refractivity contribution is -0.139. The third-order valence-corrected chi connectivity index (χ3v) is 2.14. The molecule has 4 N–H and O–H groups in total. The van der Waals surface area contributed by atoms with E-state index in [1.165, 1.54) is 0 Å². The molecule has 14 heavy (non-hydrogen) atoms. The first-order valence-corrected chi connectivity index (χ1v) is 4.60. The van der Waals surface area contributed by atoms with Crippen LogP contribution in [0, 0.1) is 5.92 Å². The van der Waals surface area contributed by atoms with Crippen LogP contribution in [0.2, 0.25) is 0 Å². The first-order valence-electron chi connectivity index (χ1n) is 4.60. The van der Waals surface area contributed by atoms with E-state index in [2.05, 4.69) is 5.32 Å². The van der Waals surface area contributed by atoms with Gasteiger partial charge in [-0.05, 0) is 18.8 Å². The second-order valence-corrected chi connectivity index (χ2v) is 3.27. The zero-order chi connectivity index (χ0) is 10.4. The number of nitrogens with one attached hydrogen (secondary N) is 2. The molecule has 1 saturated heterocycles. The Morgan fingerprint density at radius 3 is 2.79 bits per heavy atom. The Balaban J connectivity index is 2.18. The lowest BCUT2D eigenvalue weighted by Gasteiger charge is -2.21. The number of ether oxygens (including phenoxy) is 1. The van der Waals surface area contributed by atoms with Gasteiger partial charge < -0.3 is 10.1 Å². The summed E-state index contributed by atoms with van der Waals surface area (Å²) >= 11 is 0. The van der Waals surface area contributed by atoms with Crippen molar-refractivity contribution in [3.63, 3.8) is 0 Å². The fourth-order valence-corrected chi connectivity index (χ4v) is 1.35. The van der Waals surface area contributed by atoms with Crippen molar-refractivity contribution in [1.29, 1.82) is 0 Å². The van der Waals surface area contributed by atoms with E-state index in [0.717, 1.165) is 19.4 Å². The topological polar surface area (TPSA) is 93.5 Å². The minimum Gasteiger partial charge on any atom is -0.381 e. The minimum absolute atomic E-state index is 0.304. The van der Waals surface area contributed by atoms with Crippen molar-refractivity contribution >= 4 is 11.8 Å². The van der Waals surface area contributed by atoms with Crippen LogP contribution in [-0.2, 0) is 14.3 Å². The zero-order valence-corrected chi connectivity index (χ0v) is 7.91. The molecule has 2 amide bonds. The molecule has 6 nitrogen and oxygen atoms in total. The van der Waals surface area contributed by atoms with Gasteiger partial charge in [-0.25, -0.2) is 5.84 Å². The van der Waals surface area contributed by atoms with Crippen LogP contribution in [0.15, 0.2) is 0 Å². The van der Waals surface area contributed by atoms with Gasteiger partial charge in [0, 0.05) is 13.2 Å². The van der Waals surface area contributed by atoms with Crippen LogP contribution in [0.5, 0.6) is 0 Å². The zero-order valence-electron chi connectivity index (χ0n) is 7.91. The van der Waals surface area contributed by atoms with E-state index in [0.29, 0.717) is 19.1 Å². The molecule has 0 bridgehead atoms. The van der Waals surface area contributed by atoms with Crippen LogP contribution in [0.4, 0.5) is 0 Å². The molecule has 0 radical (unpaired) electrons. The highest BCUT2D eigenvalue weighted by atomic mass is 16.5. The molecule has 0 spiro atoms. The summed E-state index contributed by atoms with van der Waals surface area (Å²) < 4.78 is 5.22. The average molecular weight is 201 g/mol. The predicted molar refractivity (Wildman–Crippen MR) is 48.9 cm³/mol. The Hall–Kier alpha value is -1.14. The SMILES string of the molecule is NNC(=O)C(=O)NCC1CCCOC1. The quantitative estimate of drug-likeness (QED) is 0.220. The van der Waals surface area contributed by atoms with Crippen molar-refractivity contribution in [2.75, 3.05) is 19.8 Å². The number of nitrogens with two attached hydrogens (primary N) is 1. The van der Waals surface area contributed by atoms with Crippen molar-refractivity contribution in [3.8, 4) is 0 Å². The monoisotopic (exact) mass is 201 g/mol. The van der Waals surface area contributed by atoms with Gasteiger partial charge in [-0.2, -0.15) is 0 Å². The fraction of sp³-hybridized carbons (Fsp3) is 0.750. The van der Waals surface area contributed by atoms with Crippen LogP contribution in [0.1, 0.15) is 12.8 Å². The number of carbonyl (C=O) groups excluding carboxylic acids is 2. The number of amides is 2. The number of rotatable bonds is 2. The molecule has 1 rings (SSSR count). The molecule has 0 aliphatic carbocycles. The van der Waals surface area contributed by atoms with Crippen molar-refractivity contribution in [2.45, 2.75) is 12.8 Å². The van der Waals surface area contributed by atoms with E-state index in [1.807, 2.05) is 0 Å². The van der Waals surface area contributed by atoms with Gasteiger partial charge >= 0.3 is 11.8 Å². The Morgan fingerprint density at radius 1 is 1.43 bits per heavy atom. The maximum absolute atomic E-state index is 11.0. The number of carbonyl (C=O) groups is 2. The van der Waals surface area contributed by atoms with Gasteiger partial charge in [0.2, 0.25) is 0 Å². The highest BCUT2D eigenvalue weighted by molar-refractivity contribution is 6.34. The molecule has 1 aliphatic heterocycles. The van der Waals surface area contributed by atoms with E-state index in [-0.39, 0.29) is 0 Å². The summed E-state index contributed by atoms with van der Waals surface area (Å²) in [5, 5.41) is 2.49. The highest BCUT2D eigenvalue weighted by Gasteiger charge is 2.17. The Labute approximate surface area is 82.1 Å². The number of hydrogen-bond acceptors (Lipinski definition) is 4. The Kier molecular flexibility index (Phi) is 4.34. The van der Waals surface area contributed by atoms with Crippen LogP contribution in [0.3, 0.4) is 0 Å². The molecule has 0 aromatic rings. The third-order valence-electron chi connectivity index (χ3n) is 2.14. The second kappa shape index (κ2) is 5.56. The van der Waals surface area contributed by atoms with Gasteiger partial charge in [0.25, 0.3) is 0 Å². The molecule has 80 valence electrons. The van der Waals surface area contributed by atoms with Gasteiger partial charge in [0.1, 0.15) is 0 Å². The van der Waals surface area contributed by atoms with Gasteiger partial charge in [-0.1, -0.05) is 0 Å². The molecular weight excluding hydrogens is 186 g/mol. The van der Waals surface area contributed by atoms with Crippen molar-refractivity contribution < 1.29 is 14.3 Å². The standard InChI is InChI=1S/C8H15N3O3/c9-11-8(13)7(12)10-4-6-2-1-3-14-5-6/h6H,1-5,9H2,(H,10,12)(H,11,13). The summed E-state index contributed by atoms with van der Waals surface area (Å²) in [6.07, 6.45) is 2.02. The average Bonchev–Trinajstić information content (AvgIpc) is 2.26. The molecule has 0 aromatic carbocycles. The molecule has 6 heteroatoms. The second-order valence-electron chi connectivity index (χ2n) is 3.27. The molecule has 0 aromatic heterocycles. The smallest absolute Gasteiger partial charge is 0.323 e. The van der Waals surface area contributed by atoms with Crippen LogP contribution >= 0.6 is 0 Å². The van der Waals surface area contributed by atoms with E-state index in [1.54, 1.807) is 5.43 Å². The summed E-state index contributed by atoms with van der Waals surface area (Å²) in [6.45, 7) is 1.89. The third kappa shape index (κ3) is 3.31. The van der Waals surface area contributed by atoms with Gasteiger partial charge in [-0.3, -0.25) is 15.0 Å². The number of hydrazine groups is 1. The molecule has 1 atom stereocenters. The van der Waals surface area contributed by atoms with Gasteiger partial charge in [-0.15, -0.1) is 0 Å². The normalized spacial score (nSPS) is 21.4.